The fourth-order valence-corrected chi connectivity index (χ4v) is 3.10. The van der Waals surface area contributed by atoms with Crippen LogP contribution in [0.2, 0.25) is 0 Å². The number of guanidine groups is 1. The van der Waals surface area contributed by atoms with Gasteiger partial charge in [0.2, 0.25) is 5.91 Å². The Morgan fingerprint density at radius 2 is 2.00 bits per heavy atom. The van der Waals surface area contributed by atoms with Gasteiger partial charge < -0.3 is 16.0 Å². The first-order valence-corrected chi connectivity index (χ1v) is 9.02. The van der Waals surface area contributed by atoms with Crippen molar-refractivity contribution in [1.29, 1.82) is 0 Å². The van der Waals surface area contributed by atoms with E-state index in [2.05, 4.69) is 27.9 Å². The van der Waals surface area contributed by atoms with Gasteiger partial charge in [-0.2, -0.15) is 0 Å². The van der Waals surface area contributed by atoms with Crippen molar-refractivity contribution < 1.29 is 9.18 Å². The van der Waals surface area contributed by atoms with Crippen LogP contribution in [0.15, 0.2) is 29.3 Å². The van der Waals surface area contributed by atoms with Crippen molar-refractivity contribution in [3.05, 3.63) is 35.6 Å². The number of carbonyl (C=O) groups excluding carboxylic acids is 1. The number of carbonyl (C=O) groups is 1. The number of nitrogens with zero attached hydrogens (tertiary/aromatic N) is 1. The van der Waals surface area contributed by atoms with E-state index in [4.69, 9.17) is 0 Å². The molecule has 1 aromatic rings. The molecule has 1 saturated carbocycles. The number of hydrogen-bond donors (Lipinski definition) is 3. The van der Waals surface area contributed by atoms with Gasteiger partial charge in [0.25, 0.3) is 0 Å². The number of amides is 1. The van der Waals surface area contributed by atoms with Crippen molar-refractivity contribution in [2.45, 2.75) is 39.0 Å². The average Bonchev–Trinajstić information content (AvgIpc) is 2.56. The summed E-state index contributed by atoms with van der Waals surface area (Å²) in [6.07, 6.45) is 5.25. The lowest BCUT2D eigenvalue weighted by Gasteiger charge is -2.41. The van der Waals surface area contributed by atoms with Crippen LogP contribution in [0.3, 0.4) is 0 Å². The van der Waals surface area contributed by atoms with E-state index < -0.39 is 0 Å². The lowest BCUT2D eigenvalue weighted by Crippen LogP contribution is -2.47. The maximum Gasteiger partial charge on any atom is 0.224 e. The lowest BCUT2D eigenvalue weighted by molar-refractivity contribution is -0.120. The molecule has 25 heavy (non-hydrogen) atoms. The van der Waals surface area contributed by atoms with Crippen LogP contribution >= 0.6 is 0 Å². The van der Waals surface area contributed by atoms with Gasteiger partial charge in [0.15, 0.2) is 5.96 Å². The highest BCUT2D eigenvalue weighted by atomic mass is 19.1. The molecule has 0 spiro atoms. The van der Waals surface area contributed by atoms with Crippen molar-refractivity contribution in [1.82, 2.24) is 16.0 Å². The molecule has 0 saturated heterocycles. The van der Waals surface area contributed by atoms with E-state index in [1.54, 1.807) is 19.2 Å². The Morgan fingerprint density at radius 3 is 2.60 bits per heavy atom. The fraction of sp³-hybridized carbons (Fsp3) is 0.579. The molecule has 0 unspecified atom stereocenters. The van der Waals surface area contributed by atoms with Crippen LogP contribution in [0.1, 0.15) is 38.2 Å². The molecule has 6 heteroatoms. The number of aliphatic imine (C=N–C) groups is 1. The molecular formula is C19H29FN4O. The summed E-state index contributed by atoms with van der Waals surface area (Å²) in [5.74, 6) is 0.326. The molecule has 0 aliphatic heterocycles. The van der Waals surface area contributed by atoms with Gasteiger partial charge in [0.05, 0.1) is 6.42 Å². The smallest absolute Gasteiger partial charge is 0.224 e. The van der Waals surface area contributed by atoms with E-state index in [1.807, 2.05) is 0 Å². The molecule has 1 amide bonds. The average molecular weight is 348 g/mol. The highest BCUT2D eigenvalue weighted by Crippen LogP contribution is 2.42. The van der Waals surface area contributed by atoms with Crippen molar-refractivity contribution in [2.75, 3.05) is 26.7 Å². The van der Waals surface area contributed by atoms with Gasteiger partial charge in [0, 0.05) is 26.7 Å². The van der Waals surface area contributed by atoms with Gasteiger partial charge in [0.1, 0.15) is 5.82 Å². The van der Waals surface area contributed by atoms with Crippen LogP contribution in [-0.2, 0) is 11.2 Å². The summed E-state index contributed by atoms with van der Waals surface area (Å²) in [6, 6.07) is 6.11. The third-order valence-corrected chi connectivity index (χ3v) is 5.01. The van der Waals surface area contributed by atoms with E-state index in [-0.39, 0.29) is 18.1 Å². The minimum Gasteiger partial charge on any atom is -0.356 e. The number of halogens is 1. The first kappa shape index (κ1) is 19.2. The van der Waals surface area contributed by atoms with Crippen LogP contribution in [0.4, 0.5) is 4.39 Å². The molecule has 0 radical (unpaired) electrons. The maximum absolute atomic E-state index is 13.1. The van der Waals surface area contributed by atoms with Crippen molar-refractivity contribution in [3.8, 4) is 0 Å². The highest BCUT2D eigenvalue weighted by Gasteiger charge is 2.34. The second-order valence-electron chi connectivity index (χ2n) is 6.72. The Hall–Kier alpha value is -2.11. The van der Waals surface area contributed by atoms with Crippen molar-refractivity contribution in [3.63, 3.8) is 0 Å². The molecule has 3 N–H and O–H groups in total. The summed E-state index contributed by atoms with van der Waals surface area (Å²) in [5.41, 5.74) is 1.10. The van der Waals surface area contributed by atoms with E-state index in [1.165, 1.54) is 37.8 Å². The summed E-state index contributed by atoms with van der Waals surface area (Å²) in [4.78, 5) is 16.1. The SMILES string of the molecule is CCC1(CNC(=NC)NCCNC(=O)Cc2cccc(F)c2)CCC1. The Morgan fingerprint density at radius 1 is 1.24 bits per heavy atom. The molecule has 0 atom stereocenters. The Kier molecular flexibility index (Phi) is 7.22. The van der Waals surface area contributed by atoms with Crippen LogP contribution in [0, 0.1) is 11.2 Å². The zero-order chi connectivity index (χ0) is 18.1. The highest BCUT2D eigenvalue weighted by molar-refractivity contribution is 5.80. The fourth-order valence-electron chi connectivity index (χ4n) is 3.10. The van der Waals surface area contributed by atoms with E-state index in [9.17, 15) is 9.18 Å². The minimum absolute atomic E-state index is 0.116. The van der Waals surface area contributed by atoms with Gasteiger partial charge >= 0.3 is 0 Å². The number of benzene rings is 1. The summed E-state index contributed by atoms with van der Waals surface area (Å²) >= 11 is 0. The third-order valence-electron chi connectivity index (χ3n) is 5.01. The quantitative estimate of drug-likeness (QED) is 0.383. The lowest BCUT2D eigenvalue weighted by atomic mass is 9.67. The zero-order valence-electron chi connectivity index (χ0n) is 15.2. The van der Waals surface area contributed by atoms with Crippen LogP contribution in [-0.4, -0.2) is 38.5 Å². The molecule has 1 aromatic carbocycles. The zero-order valence-corrected chi connectivity index (χ0v) is 15.2. The topological polar surface area (TPSA) is 65.5 Å². The van der Waals surface area contributed by atoms with E-state index >= 15 is 0 Å². The predicted molar refractivity (Wildman–Crippen MR) is 99.1 cm³/mol. The van der Waals surface area contributed by atoms with Gasteiger partial charge in [-0.1, -0.05) is 25.5 Å². The molecule has 5 nitrogen and oxygen atoms in total. The standard InChI is InChI=1S/C19H29FN4O/c1-3-19(8-5-9-19)14-24-18(21-2)23-11-10-22-17(25)13-15-6-4-7-16(20)12-15/h4,6-7,12H,3,5,8-11,13-14H2,1-2H3,(H,22,25)(H2,21,23,24). The second kappa shape index (κ2) is 9.39. The molecule has 1 aliphatic rings. The summed E-state index contributed by atoms with van der Waals surface area (Å²) in [7, 11) is 1.75. The molecule has 0 aromatic heterocycles. The molecule has 0 heterocycles. The van der Waals surface area contributed by atoms with E-state index in [0.717, 1.165) is 12.5 Å². The van der Waals surface area contributed by atoms with Gasteiger partial charge in [-0.05, 0) is 42.4 Å². The minimum atomic E-state index is -0.321. The molecule has 138 valence electrons. The second-order valence-corrected chi connectivity index (χ2v) is 6.72. The van der Waals surface area contributed by atoms with Gasteiger partial charge in [-0.25, -0.2) is 4.39 Å². The summed E-state index contributed by atoms with van der Waals surface area (Å²) in [5, 5.41) is 9.42. The largest absolute Gasteiger partial charge is 0.356 e. The molecule has 1 aliphatic carbocycles. The Labute approximate surface area is 149 Å². The summed E-state index contributed by atoms with van der Waals surface area (Å²) in [6.45, 7) is 4.27. The van der Waals surface area contributed by atoms with Gasteiger partial charge in [-0.3, -0.25) is 9.79 Å². The normalized spacial score (nSPS) is 16.0. The van der Waals surface area contributed by atoms with Crippen LogP contribution in [0.25, 0.3) is 0 Å². The first-order valence-electron chi connectivity index (χ1n) is 9.02. The molecule has 2 rings (SSSR count). The number of nitrogens with one attached hydrogen (secondary N) is 3. The third kappa shape index (κ3) is 6.03. The monoisotopic (exact) mass is 348 g/mol. The molecular weight excluding hydrogens is 319 g/mol. The van der Waals surface area contributed by atoms with Gasteiger partial charge in [-0.15, -0.1) is 0 Å². The molecule has 1 fully saturated rings. The van der Waals surface area contributed by atoms with Crippen LogP contribution < -0.4 is 16.0 Å². The number of hydrogen-bond acceptors (Lipinski definition) is 2. The summed E-state index contributed by atoms with van der Waals surface area (Å²) < 4.78 is 13.1. The predicted octanol–water partition coefficient (Wildman–Crippen LogP) is 2.23. The first-order chi connectivity index (χ1) is 12.1. The van der Waals surface area contributed by atoms with Crippen LogP contribution in [0.5, 0.6) is 0 Å². The molecule has 0 bridgehead atoms. The number of rotatable bonds is 8. The van der Waals surface area contributed by atoms with Crippen molar-refractivity contribution >= 4 is 11.9 Å². The Bertz CT molecular complexity index is 593. The van der Waals surface area contributed by atoms with Crippen molar-refractivity contribution in [2.24, 2.45) is 10.4 Å². The maximum atomic E-state index is 13.1. The Balaban J connectivity index is 1.63. The van der Waals surface area contributed by atoms with E-state index in [0.29, 0.717) is 24.1 Å².